The van der Waals surface area contributed by atoms with Crippen molar-refractivity contribution in [3.63, 3.8) is 0 Å². The molecule has 16 heavy (non-hydrogen) atoms. The molecule has 0 bridgehead atoms. The summed E-state index contributed by atoms with van der Waals surface area (Å²) in [6.07, 6.45) is 0.345. The number of rotatable bonds is 2. The first kappa shape index (κ1) is 12.6. The van der Waals surface area contributed by atoms with E-state index >= 15 is 0 Å². The molecule has 1 aromatic rings. The molecule has 0 aliphatic heterocycles. The molecule has 0 fully saturated rings. The molecule has 1 rings (SSSR count). The first-order chi connectivity index (χ1) is 7.36. The van der Waals surface area contributed by atoms with Gasteiger partial charge in [-0.05, 0) is 11.5 Å². The Morgan fingerprint density at radius 3 is 2.50 bits per heavy atom. The molecule has 0 radical (unpaired) electrons. The van der Waals surface area contributed by atoms with E-state index in [0.717, 1.165) is 5.56 Å². The summed E-state index contributed by atoms with van der Waals surface area (Å²) in [5.41, 5.74) is 7.21. The zero-order valence-electron chi connectivity index (χ0n) is 10.3. The third kappa shape index (κ3) is 2.75. The van der Waals surface area contributed by atoms with E-state index < -0.39 is 0 Å². The lowest BCUT2D eigenvalue weighted by Gasteiger charge is -2.23. The number of esters is 1. The fraction of sp³-hybridized carbons (Fsp3) is 0.462. The van der Waals surface area contributed by atoms with E-state index in [4.69, 9.17) is 10.5 Å². The third-order valence-electron chi connectivity index (χ3n) is 2.36. The molecule has 0 atom stereocenters. The number of hydrogen-bond donors (Lipinski definition) is 1. The minimum Gasteiger partial charge on any atom is -0.424 e. The van der Waals surface area contributed by atoms with Crippen LogP contribution in [-0.2, 0) is 10.2 Å². The van der Waals surface area contributed by atoms with E-state index in [1.807, 2.05) is 12.1 Å². The highest BCUT2D eigenvalue weighted by atomic mass is 16.5. The lowest BCUT2D eigenvalue weighted by Crippen LogP contribution is -2.17. The van der Waals surface area contributed by atoms with Gasteiger partial charge < -0.3 is 10.5 Å². The van der Waals surface area contributed by atoms with Crippen LogP contribution in [0.25, 0.3) is 0 Å². The summed E-state index contributed by atoms with van der Waals surface area (Å²) >= 11 is 0. The Morgan fingerprint density at radius 2 is 2.00 bits per heavy atom. The second kappa shape index (κ2) is 4.56. The number of ether oxygens (including phenoxy) is 1. The van der Waals surface area contributed by atoms with Crippen LogP contribution in [0.1, 0.15) is 39.7 Å². The van der Waals surface area contributed by atoms with Crippen LogP contribution in [0.4, 0.5) is 5.69 Å². The number of nitrogens with two attached hydrogens (primary N) is 1. The van der Waals surface area contributed by atoms with Crippen LogP contribution in [0.15, 0.2) is 18.2 Å². The standard InChI is InChI=1S/C13H19NO2/c1-5-11(15)16-12-9(13(2,3)4)7-6-8-10(12)14/h6-8H,5,14H2,1-4H3. The first-order valence-corrected chi connectivity index (χ1v) is 5.46. The van der Waals surface area contributed by atoms with Gasteiger partial charge in [0.05, 0.1) is 5.69 Å². The number of carbonyl (C=O) groups excluding carboxylic acids is 1. The van der Waals surface area contributed by atoms with E-state index in [1.54, 1.807) is 13.0 Å². The van der Waals surface area contributed by atoms with Crippen molar-refractivity contribution >= 4 is 11.7 Å². The predicted octanol–water partition coefficient (Wildman–Crippen LogP) is 2.88. The normalized spacial score (nSPS) is 11.2. The molecule has 0 aliphatic rings. The second-order valence-corrected chi connectivity index (χ2v) is 4.80. The SMILES string of the molecule is CCC(=O)Oc1c(N)cccc1C(C)(C)C. The van der Waals surface area contributed by atoms with Crippen LogP contribution in [0.3, 0.4) is 0 Å². The summed E-state index contributed by atoms with van der Waals surface area (Å²) in [7, 11) is 0. The number of anilines is 1. The Hall–Kier alpha value is -1.51. The number of carbonyl (C=O) groups is 1. The van der Waals surface area contributed by atoms with Crippen LogP contribution in [0, 0.1) is 0 Å². The van der Waals surface area contributed by atoms with E-state index in [0.29, 0.717) is 17.9 Å². The van der Waals surface area contributed by atoms with Crippen molar-refractivity contribution in [1.82, 2.24) is 0 Å². The smallest absolute Gasteiger partial charge is 0.310 e. The van der Waals surface area contributed by atoms with Gasteiger partial charge in [0.15, 0.2) is 5.75 Å². The van der Waals surface area contributed by atoms with Gasteiger partial charge in [-0.1, -0.05) is 39.8 Å². The molecular formula is C13H19NO2. The second-order valence-electron chi connectivity index (χ2n) is 4.80. The van der Waals surface area contributed by atoms with Gasteiger partial charge in [-0.3, -0.25) is 4.79 Å². The van der Waals surface area contributed by atoms with Crippen molar-refractivity contribution in [3.05, 3.63) is 23.8 Å². The number of hydrogen-bond acceptors (Lipinski definition) is 3. The molecular weight excluding hydrogens is 202 g/mol. The summed E-state index contributed by atoms with van der Waals surface area (Å²) in [6, 6.07) is 5.56. The van der Waals surface area contributed by atoms with Crippen molar-refractivity contribution in [2.75, 3.05) is 5.73 Å². The zero-order chi connectivity index (χ0) is 12.3. The maximum absolute atomic E-state index is 11.3. The predicted molar refractivity (Wildman–Crippen MR) is 65.5 cm³/mol. The number of benzene rings is 1. The van der Waals surface area contributed by atoms with Crippen molar-refractivity contribution in [3.8, 4) is 5.75 Å². The van der Waals surface area contributed by atoms with E-state index in [-0.39, 0.29) is 11.4 Å². The molecule has 0 aliphatic carbocycles. The molecule has 0 unspecified atom stereocenters. The maximum atomic E-state index is 11.3. The summed E-state index contributed by atoms with van der Waals surface area (Å²) in [4.78, 5) is 11.3. The van der Waals surface area contributed by atoms with Crippen LogP contribution in [0.5, 0.6) is 5.75 Å². The average Bonchev–Trinajstić information content (AvgIpc) is 2.19. The Bertz CT molecular complexity index is 391. The van der Waals surface area contributed by atoms with Gasteiger partial charge >= 0.3 is 5.97 Å². The summed E-state index contributed by atoms with van der Waals surface area (Å²) in [5.74, 6) is 0.241. The first-order valence-electron chi connectivity index (χ1n) is 5.46. The molecule has 0 saturated heterocycles. The molecule has 88 valence electrons. The van der Waals surface area contributed by atoms with Crippen LogP contribution < -0.4 is 10.5 Å². The molecule has 0 aromatic heterocycles. The topological polar surface area (TPSA) is 52.3 Å². The summed E-state index contributed by atoms with van der Waals surface area (Å²) in [6.45, 7) is 7.94. The molecule has 0 spiro atoms. The van der Waals surface area contributed by atoms with Crippen LogP contribution >= 0.6 is 0 Å². The molecule has 0 saturated carbocycles. The maximum Gasteiger partial charge on any atom is 0.310 e. The Kier molecular flexibility index (Phi) is 3.58. The molecule has 3 heteroatoms. The van der Waals surface area contributed by atoms with Gasteiger partial charge in [0.1, 0.15) is 0 Å². The fourth-order valence-electron chi connectivity index (χ4n) is 1.45. The van der Waals surface area contributed by atoms with Gasteiger partial charge in [-0.15, -0.1) is 0 Å². The minimum absolute atomic E-state index is 0.0985. The van der Waals surface area contributed by atoms with Gasteiger partial charge in [0.25, 0.3) is 0 Å². The third-order valence-corrected chi connectivity index (χ3v) is 2.36. The number of nitrogen functional groups attached to an aromatic ring is 1. The molecule has 3 nitrogen and oxygen atoms in total. The van der Waals surface area contributed by atoms with Gasteiger partial charge in [0, 0.05) is 12.0 Å². The fourth-order valence-corrected chi connectivity index (χ4v) is 1.45. The summed E-state index contributed by atoms with van der Waals surface area (Å²) < 4.78 is 5.29. The van der Waals surface area contributed by atoms with Gasteiger partial charge in [0.2, 0.25) is 0 Å². The Balaban J connectivity index is 3.19. The van der Waals surface area contributed by atoms with E-state index in [9.17, 15) is 4.79 Å². The van der Waals surface area contributed by atoms with E-state index in [2.05, 4.69) is 20.8 Å². The highest BCUT2D eigenvalue weighted by Gasteiger charge is 2.21. The van der Waals surface area contributed by atoms with Crippen LogP contribution in [-0.4, -0.2) is 5.97 Å². The zero-order valence-corrected chi connectivity index (χ0v) is 10.3. The largest absolute Gasteiger partial charge is 0.424 e. The van der Waals surface area contributed by atoms with Gasteiger partial charge in [-0.2, -0.15) is 0 Å². The monoisotopic (exact) mass is 221 g/mol. The van der Waals surface area contributed by atoms with Crippen molar-refractivity contribution in [2.45, 2.75) is 39.5 Å². The van der Waals surface area contributed by atoms with Crippen LogP contribution in [0.2, 0.25) is 0 Å². The van der Waals surface area contributed by atoms with Crippen molar-refractivity contribution in [1.29, 1.82) is 0 Å². The molecule has 2 N–H and O–H groups in total. The van der Waals surface area contributed by atoms with Crippen molar-refractivity contribution < 1.29 is 9.53 Å². The quantitative estimate of drug-likeness (QED) is 0.474. The summed E-state index contributed by atoms with van der Waals surface area (Å²) in [5, 5.41) is 0. The molecule has 0 heterocycles. The van der Waals surface area contributed by atoms with Gasteiger partial charge in [-0.25, -0.2) is 0 Å². The highest BCUT2D eigenvalue weighted by Crippen LogP contribution is 2.35. The molecule has 1 aromatic carbocycles. The number of para-hydroxylation sites is 1. The lowest BCUT2D eigenvalue weighted by molar-refractivity contribution is -0.134. The lowest BCUT2D eigenvalue weighted by atomic mass is 9.86. The Labute approximate surface area is 96.6 Å². The van der Waals surface area contributed by atoms with E-state index in [1.165, 1.54) is 0 Å². The molecule has 0 amide bonds. The Morgan fingerprint density at radius 1 is 1.38 bits per heavy atom. The highest BCUT2D eigenvalue weighted by molar-refractivity contribution is 5.75. The minimum atomic E-state index is -0.261. The van der Waals surface area contributed by atoms with Crippen molar-refractivity contribution in [2.24, 2.45) is 0 Å². The average molecular weight is 221 g/mol.